The number of pyridine rings is 2. The number of carbonyl (C=O) groups excluding carboxylic acids is 1. The fourth-order valence-corrected chi connectivity index (χ4v) is 7.16. The van der Waals surface area contributed by atoms with Gasteiger partial charge in [0.1, 0.15) is 0 Å². The van der Waals surface area contributed by atoms with E-state index in [1.807, 2.05) is 24.3 Å². The van der Waals surface area contributed by atoms with E-state index in [-0.39, 0.29) is 23.6 Å². The molecule has 2 aliphatic carbocycles. The van der Waals surface area contributed by atoms with E-state index in [4.69, 9.17) is 9.47 Å². The highest BCUT2D eigenvalue weighted by molar-refractivity contribution is 5.67. The zero-order chi connectivity index (χ0) is 30.3. The lowest BCUT2D eigenvalue weighted by molar-refractivity contribution is 0.147. The molecule has 2 saturated carbocycles. The fraction of sp³-hybridized carbons (Fsp3) is 0.410. The minimum absolute atomic E-state index is 0.00563. The Morgan fingerprint density at radius 1 is 0.591 bits per heavy atom. The molecular formula is C39H44N2O3. The van der Waals surface area contributed by atoms with E-state index in [0.717, 1.165) is 22.3 Å². The minimum Gasteiger partial charge on any atom is -0.375 e. The van der Waals surface area contributed by atoms with Crippen LogP contribution in [0.15, 0.2) is 85.2 Å². The third-order valence-corrected chi connectivity index (χ3v) is 9.92. The van der Waals surface area contributed by atoms with Crippen LogP contribution in [0.4, 0.5) is 4.79 Å². The summed E-state index contributed by atoms with van der Waals surface area (Å²) in [4.78, 5) is 21.9. The van der Waals surface area contributed by atoms with Crippen LogP contribution in [0.3, 0.4) is 0 Å². The van der Waals surface area contributed by atoms with E-state index in [1.54, 1.807) is 12.4 Å². The summed E-state index contributed by atoms with van der Waals surface area (Å²) in [5.74, 6) is 1.83. The van der Waals surface area contributed by atoms with E-state index < -0.39 is 6.16 Å². The predicted molar refractivity (Wildman–Crippen MR) is 175 cm³/mol. The van der Waals surface area contributed by atoms with Crippen molar-refractivity contribution in [3.8, 4) is 11.8 Å². The lowest BCUT2D eigenvalue weighted by atomic mass is 9.83. The van der Waals surface area contributed by atoms with Crippen molar-refractivity contribution in [3.05, 3.63) is 119 Å². The lowest BCUT2D eigenvalue weighted by Gasteiger charge is -2.23. The molecule has 2 aromatic carbocycles. The Morgan fingerprint density at radius 3 is 1.36 bits per heavy atom. The van der Waals surface area contributed by atoms with Gasteiger partial charge in [0.2, 0.25) is 11.8 Å². The van der Waals surface area contributed by atoms with E-state index in [2.05, 4.69) is 72.3 Å². The van der Waals surface area contributed by atoms with Crippen LogP contribution in [0.2, 0.25) is 0 Å². The molecule has 228 valence electrons. The highest BCUT2D eigenvalue weighted by Gasteiger charge is 2.23. The first-order chi connectivity index (χ1) is 21.6. The van der Waals surface area contributed by atoms with Gasteiger partial charge in [-0.25, -0.2) is 14.8 Å². The van der Waals surface area contributed by atoms with Gasteiger partial charge in [-0.1, -0.05) is 113 Å². The molecule has 0 bridgehead atoms. The van der Waals surface area contributed by atoms with Gasteiger partial charge in [-0.05, 0) is 71.9 Å². The predicted octanol–water partition coefficient (Wildman–Crippen LogP) is 10.5. The largest absolute Gasteiger partial charge is 0.522 e. The standard InChI is InChI=1S/C39H44N2O3/c1-27(29-17-21-33(22-18-29)31-11-5-3-6-12-31)35-15-9-25-40-37(35)43-39(42)44-38-36(16-10-26-41-38)28(2)30-19-23-34(24-20-30)32-13-7-4-8-14-32/h9-10,15-28,31-32H,3-8,11-14H2,1-2H3. The summed E-state index contributed by atoms with van der Waals surface area (Å²) in [6.45, 7) is 4.23. The Kier molecular flexibility index (Phi) is 9.70. The second-order valence-corrected chi connectivity index (χ2v) is 12.7. The summed E-state index contributed by atoms with van der Waals surface area (Å²) in [5, 5.41) is 0. The van der Waals surface area contributed by atoms with Crippen molar-refractivity contribution in [2.24, 2.45) is 0 Å². The number of carbonyl (C=O) groups is 1. The summed E-state index contributed by atoms with van der Waals surface area (Å²) < 4.78 is 11.4. The van der Waals surface area contributed by atoms with Crippen molar-refractivity contribution >= 4 is 6.16 Å². The molecule has 0 aliphatic heterocycles. The topological polar surface area (TPSA) is 61.3 Å². The average Bonchev–Trinajstić information content (AvgIpc) is 3.09. The summed E-state index contributed by atoms with van der Waals surface area (Å²) in [6, 6.07) is 25.5. The molecule has 0 spiro atoms. The zero-order valence-corrected chi connectivity index (χ0v) is 26.1. The molecule has 0 N–H and O–H groups in total. The Bertz CT molecular complexity index is 1410. The van der Waals surface area contributed by atoms with Gasteiger partial charge in [-0.15, -0.1) is 0 Å². The van der Waals surface area contributed by atoms with Gasteiger partial charge in [-0.3, -0.25) is 0 Å². The molecule has 2 aromatic heterocycles. The number of hydrogen-bond acceptors (Lipinski definition) is 5. The fourth-order valence-electron chi connectivity index (χ4n) is 7.16. The maximum atomic E-state index is 13.1. The number of rotatable bonds is 8. The molecule has 0 amide bonds. The monoisotopic (exact) mass is 588 g/mol. The molecule has 2 aliphatic rings. The number of hydrogen-bond donors (Lipinski definition) is 0. The minimum atomic E-state index is -0.843. The molecule has 2 unspecified atom stereocenters. The van der Waals surface area contributed by atoms with Gasteiger partial charge in [0.25, 0.3) is 0 Å². The first kappa shape index (κ1) is 30.1. The quantitative estimate of drug-likeness (QED) is 0.192. The van der Waals surface area contributed by atoms with Gasteiger partial charge in [0.15, 0.2) is 0 Å². The van der Waals surface area contributed by atoms with Crippen LogP contribution in [0.1, 0.15) is 135 Å². The van der Waals surface area contributed by atoms with Crippen molar-refractivity contribution in [1.29, 1.82) is 0 Å². The molecule has 6 rings (SSSR count). The second-order valence-electron chi connectivity index (χ2n) is 12.7. The summed E-state index contributed by atoms with van der Waals surface area (Å²) in [5.41, 5.74) is 6.84. The van der Waals surface area contributed by atoms with Crippen molar-refractivity contribution < 1.29 is 14.3 Å². The van der Waals surface area contributed by atoms with Crippen LogP contribution in [-0.2, 0) is 0 Å². The molecule has 4 aromatic rings. The van der Waals surface area contributed by atoms with E-state index in [0.29, 0.717) is 11.8 Å². The number of aromatic nitrogens is 2. The van der Waals surface area contributed by atoms with Crippen molar-refractivity contribution in [1.82, 2.24) is 9.97 Å². The van der Waals surface area contributed by atoms with Crippen LogP contribution < -0.4 is 9.47 Å². The van der Waals surface area contributed by atoms with E-state index >= 15 is 0 Å². The molecule has 2 heterocycles. The second kappa shape index (κ2) is 14.2. The Balaban J connectivity index is 1.13. The van der Waals surface area contributed by atoms with Crippen molar-refractivity contribution in [2.75, 3.05) is 0 Å². The van der Waals surface area contributed by atoms with Crippen LogP contribution in [0, 0.1) is 0 Å². The highest BCUT2D eigenvalue weighted by atomic mass is 16.7. The Morgan fingerprint density at radius 2 is 0.977 bits per heavy atom. The van der Waals surface area contributed by atoms with E-state index in [9.17, 15) is 4.79 Å². The highest BCUT2D eigenvalue weighted by Crippen LogP contribution is 2.37. The smallest absolute Gasteiger partial charge is 0.375 e. The SMILES string of the molecule is CC(c1ccc(C2CCCCC2)cc1)c1cccnc1OC(=O)Oc1ncccc1C(C)c1ccc(C2CCCCC2)cc1. The van der Waals surface area contributed by atoms with Crippen LogP contribution in [0.25, 0.3) is 0 Å². The first-order valence-corrected chi connectivity index (χ1v) is 16.6. The summed E-state index contributed by atoms with van der Waals surface area (Å²) in [6.07, 6.45) is 15.5. The Hall–Kier alpha value is -3.99. The molecule has 2 fully saturated rings. The van der Waals surface area contributed by atoms with Gasteiger partial charge >= 0.3 is 6.16 Å². The van der Waals surface area contributed by atoms with Crippen LogP contribution in [-0.4, -0.2) is 16.1 Å². The van der Waals surface area contributed by atoms with Crippen LogP contribution >= 0.6 is 0 Å². The average molecular weight is 589 g/mol. The summed E-state index contributed by atoms with van der Waals surface area (Å²) in [7, 11) is 0. The van der Waals surface area contributed by atoms with Crippen molar-refractivity contribution in [3.63, 3.8) is 0 Å². The van der Waals surface area contributed by atoms with E-state index in [1.165, 1.54) is 75.3 Å². The Labute approximate surface area is 262 Å². The van der Waals surface area contributed by atoms with Gasteiger partial charge in [-0.2, -0.15) is 0 Å². The van der Waals surface area contributed by atoms with Gasteiger partial charge in [0.05, 0.1) is 0 Å². The third kappa shape index (κ3) is 7.04. The molecule has 0 radical (unpaired) electrons. The van der Waals surface area contributed by atoms with Gasteiger partial charge < -0.3 is 9.47 Å². The molecular weight excluding hydrogens is 544 g/mol. The summed E-state index contributed by atoms with van der Waals surface area (Å²) >= 11 is 0. The maximum absolute atomic E-state index is 13.1. The molecule has 5 heteroatoms. The molecule has 44 heavy (non-hydrogen) atoms. The number of nitrogens with zero attached hydrogens (tertiary/aromatic N) is 2. The normalized spacial score (nSPS) is 17.5. The molecule has 2 atom stereocenters. The number of ether oxygens (including phenoxy) is 2. The first-order valence-electron chi connectivity index (χ1n) is 16.6. The van der Waals surface area contributed by atoms with Crippen molar-refractivity contribution in [2.45, 2.75) is 102 Å². The lowest BCUT2D eigenvalue weighted by Crippen LogP contribution is -2.18. The molecule has 0 saturated heterocycles. The number of benzene rings is 2. The maximum Gasteiger partial charge on any atom is 0.522 e. The molecule has 5 nitrogen and oxygen atoms in total. The van der Waals surface area contributed by atoms with Gasteiger partial charge in [0, 0.05) is 35.4 Å². The third-order valence-electron chi connectivity index (χ3n) is 9.92. The van der Waals surface area contributed by atoms with Crippen LogP contribution in [0.5, 0.6) is 11.8 Å². The zero-order valence-electron chi connectivity index (χ0n) is 26.1.